The van der Waals surface area contributed by atoms with E-state index in [1.807, 2.05) is 0 Å². The van der Waals surface area contributed by atoms with Crippen LogP contribution < -0.4 is 0 Å². The molecule has 0 aromatic carbocycles. The van der Waals surface area contributed by atoms with E-state index in [0.29, 0.717) is 6.42 Å². The zero-order chi connectivity index (χ0) is 8.20. The Balaban J connectivity index is 4.12. The molecule has 2 heteroatoms. The van der Waals surface area contributed by atoms with Gasteiger partial charge in [0.1, 0.15) is 6.10 Å². The Bertz CT molecular complexity index is 150. The third kappa shape index (κ3) is 2.38. The number of hydrogen-bond acceptors (Lipinski definition) is 2. The second kappa shape index (κ2) is 3.60. The Labute approximate surface area is 61.9 Å². The average molecular weight is 142 g/mol. The van der Waals surface area contributed by atoms with Gasteiger partial charge in [0.25, 0.3) is 0 Å². The van der Waals surface area contributed by atoms with Gasteiger partial charge in [-0.25, -0.2) is 0 Å². The molecule has 0 heterocycles. The Kier molecular flexibility index (Phi) is 3.41. The maximum Gasteiger partial charge on any atom is 0.142 e. The van der Waals surface area contributed by atoms with E-state index in [0.717, 1.165) is 0 Å². The van der Waals surface area contributed by atoms with Crippen LogP contribution in [-0.2, 0) is 0 Å². The molecule has 58 valence electrons. The molecule has 2 unspecified atom stereocenters. The van der Waals surface area contributed by atoms with Crippen LogP contribution in [0.1, 0.15) is 27.2 Å². The molecular formula is C8H14O2. The van der Waals surface area contributed by atoms with Gasteiger partial charge in [0.15, 0.2) is 0 Å². The molecule has 2 N–H and O–H groups in total. The van der Waals surface area contributed by atoms with Crippen molar-refractivity contribution < 1.29 is 10.2 Å². The van der Waals surface area contributed by atoms with Crippen LogP contribution in [0, 0.1) is 11.8 Å². The number of hydrogen-bond donors (Lipinski definition) is 2. The second-order valence-electron chi connectivity index (χ2n) is 2.51. The smallest absolute Gasteiger partial charge is 0.142 e. The molecule has 2 atom stereocenters. The summed E-state index contributed by atoms with van der Waals surface area (Å²) in [7, 11) is 0. The number of aliphatic hydroxyl groups excluding tert-OH is 1. The summed E-state index contributed by atoms with van der Waals surface area (Å²) in [6, 6.07) is 0. The molecule has 0 aliphatic rings. The Morgan fingerprint density at radius 1 is 1.60 bits per heavy atom. The normalized spacial score (nSPS) is 18.5. The quantitative estimate of drug-likeness (QED) is 0.552. The molecule has 0 saturated heterocycles. The molecule has 0 aromatic rings. The number of aliphatic hydroxyl groups is 2. The first-order valence-electron chi connectivity index (χ1n) is 3.37. The number of rotatable bonds is 2. The van der Waals surface area contributed by atoms with E-state index in [1.165, 1.54) is 0 Å². The fourth-order valence-electron chi connectivity index (χ4n) is 0.486. The summed E-state index contributed by atoms with van der Waals surface area (Å²) in [5, 5.41) is 18.5. The van der Waals surface area contributed by atoms with E-state index >= 15 is 0 Å². The lowest BCUT2D eigenvalue weighted by Gasteiger charge is -2.23. The fourth-order valence-corrected chi connectivity index (χ4v) is 0.486. The molecule has 0 saturated carbocycles. The van der Waals surface area contributed by atoms with Crippen LogP contribution in [-0.4, -0.2) is 21.9 Å². The molecule has 0 bridgehead atoms. The summed E-state index contributed by atoms with van der Waals surface area (Å²) < 4.78 is 0. The van der Waals surface area contributed by atoms with E-state index in [-0.39, 0.29) is 0 Å². The van der Waals surface area contributed by atoms with Crippen molar-refractivity contribution in [2.75, 3.05) is 0 Å². The second-order valence-corrected chi connectivity index (χ2v) is 2.51. The lowest BCUT2D eigenvalue weighted by atomic mass is 9.97. The van der Waals surface area contributed by atoms with Crippen LogP contribution in [0.4, 0.5) is 0 Å². The van der Waals surface area contributed by atoms with Gasteiger partial charge in [-0.15, -0.1) is 5.92 Å². The van der Waals surface area contributed by atoms with Crippen molar-refractivity contribution in [2.24, 2.45) is 0 Å². The van der Waals surface area contributed by atoms with E-state index in [4.69, 9.17) is 5.11 Å². The zero-order valence-electron chi connectivity index (χ0n) is 6.68. The first-order valence-corrected chi connectivity index (χ1v) is 3.37. The Morgan fingerprint density at radius 3 is 2.40 bits per heavy atom. The van der Waals surface area contributed by atoms with Gasteiger partial charge in [0.2, 0.25) is 0 Å². The average Bonchev–Trinajstić information content (AvgIpc) is 1.89. The third-order valence-corrected chi connectivity index (χ3v) is 1.59. The van der Waals surface area contributed by atoms with Crippen molar-refractivity contribution in [2.45, 2.75) is 38.9 Å². The summed E-state index contributed by atoms with van der Waals surface area (Å²) in [6.07, 6.45) is -0.425. The monoisotopic (exact) mass is 142 g/mol. The maximum absolute atomic E-state index is 9.37. The van der Waals surface area contributed by atoms with Gasteiger partial charge in [0, 0.05) is 0 Å². The highest BCUT2D eigenvalue weighted by atomic mass is 16.3. The fraction of sp³-hybridized carbons (Fsp3) is 0.750. The molecule has 0 amide bonds. The highest BCUT2D eigenvalue weighted by molar-refractivity contribution is 5.08. The molecule has 10 heavy (non-hydrogen) atoms. The molecule has 2 nitrogen and oxygen atoms in total. The van der Waals surface area contributed by atoms with Gasteiger partial charge < -0.3 is 10.2 Å². The topological polar surface area (TPSA) is 40.5 Å². The van der Waals surface area contributed by atoms with E-state index in [2.05, 4.69) is 11.8 Å². The van der Waals surface area contributed by atoms with Crippen molar-refractivity contribution in [3.05, 3.63) is 0 Å². The minimum absolute atomic E-state index is 0.503. The highest BCUT2D eigenvalue weighted by Crippen LogP contribution is 2.12. The van der Waals surface area contributed by atoms with Crippen molar-refractivity contribution in [3.63, 3.8) is 0 Å². The Hall–Kier alpha value is -0.520. The van der Waals surface area contributed by atoms with E-state index in [9.17, 15) is 5.11 Å². The van der Waals surface area contributed by atoms with Crippen LogP contribution in [0.3, 0.4) is 0 Å². The molecule has 0 aliphatic heterocycles. The van der Waals surface area contributed by atoms with Crippen LogP contribution in [0.25, 0.3) is 0 Å². The summed E-state index contributed by atoms with van der Waals surface area (Å²) in [5.74, 6) is 5.04. The van der Waals surface area contributed by atoms with E-state index in [1.54, 1.807) is 20.8 Å². The van der Waals surface area contributed by atoms with Gasteiger partial charge in [0.05, 0.1) is 5.60 Å². The van der Waals surface area contributed by atoms with Crippen LogP contribution in [0.15, 0.2) is 0 Å². The minimum Gasteiger partial charge on any atom is -0.386 e. The summed E-state index contributed by atoms with van der Waals surface area (Å²) >= 11 is 0. The zero-order valence-corrected chi connectivity index (χ0v) is 6.68. The van der Waals surface area contributed by atoms with Crippen LogP contribution >= 0.6 is 0 Å². The highest BCUT2D eigenvalue weighted by Gasteiger charge is 2.25. The minimum atomic E-state index is -1.07. The summed E-state index contributed by atoms with van der Waals surface area (Å²) in [6.45, 7) is 5.01. The standard InChI is InChI=1S/C8H14O2/c1-4-6-7(9)8(3,10)5-2/h7,9-10H,5H2,1-3H3. The van der Waals surface area contributed by atoms with Crippen LogP contribution in [0.5, 0.6) is 0 Å². The van der Waals surface area contributed by atoms with Gasteiger partial charge in [-0.3, -0.25) is 0 Å². The predicted octanol–water partition coefficient (Wildman–Crippen LogP) is 0.532. The molecule has 0 aromatic heterocycles. The molecule has 0 fully saturated rings. The van der Waals surface area contributed by atoms with Crippen molar-refractivity contribution in [3.8, 4) is 11.8 Å². The lowest BCUT2D eigenvalue weighted by Crippen LogP contribution is -2.37. The van der Waals surface area contributed by atoms with Crippen molar-refractivity contribution in [1.29, 1.82) is 0 Å². The largest absolute Gasteiger partial charge is 0.386 e. The lowest BCUT2D eigenvalue weighted by molar-refractivity contribution is -0.0353. The molecule has 0 aliphatic carbocycles. The van der Waals surface area contributed by atoms with E-state index < -0.39 is 11.7 Å². The maximum atomic E-state index is 9.37. The SMILES string of the molecule is CC#CC(O)C(C)(O)CC. The van der Waals surface area contributed by atoms with Gasteiger partial charge in [-0.05, 0) is 20.3 Å². The third-order valence-electron chi connectivity index (χ3n) is 1.59. The van der Waals surface area contributed by atoms with Gasteiger partial charge in [-0.2, -0.15) is 0 Å². The summed E-state index contributed by atoms with van der Waals surface area (Å²) in [4.78, 5) is 0. The first-order chi connectivity index (χ1) is 4.54. The van der Waals surface area contributed by atoms with Crippen molar-refractivity contribution >= 4 is 0 Å². The summed E-state index contributed by atoms with van der Waals surface area (Å²) in [5.41, 5.74) is -1.07. The van der Waals surface area contributed by atoms with Gasteiger partial charge >= 0.3 is 0 Å². The molecule has 0 radical (unpaired) electrons. The van der Waals surface area contributed by atoms with Crippen molar-refractivity contribution in [1.82, 2.24) is 0 Å². The Morgan fingerprint density at radius 2 is 2.10 bits per heavy atom. The van der Waals surface area contributed by atoms with Gasteiger partial charge in [-0.1, -0.05) is 12.8 Å². The molecule has 0 spiro atoms. The molecule has 0 rings (SSSR count). The van der Waals surface area contributed by atoms with Crippen LogP contribution in [0.2, 0.25) is 0 Å². The molecular weight excluding hydrogens is 128 g/mol. The predicted molar refractivity (Wildman–Crippen MR) is 40.4 cm³/mol. The first kappa shape index (κ1) is 9.48.